The molecule has 1 aliphatic rings. The van der Waals surface area contributed by atoms with Gasteiger partial charge in [0.25, 0.3) is 0 Å². The molecular formula is C16H16F2N2O3. The first-order chi connectivity index (χ1) is 11.0. The molecular weight excluding hydrogens is 306 g/mol. The molecule has 1 aliphatic carbocycles. The van der Waals surface area contributed by atoms with Crippen molar-refractivity contribution >= 4 is 5.97 Å². The van der Waals surface area contributed by atoms with Crippen LogP contribution in [0.2, 0.25) is 0 Å². The third kappa shape index (κ3) is 2.96. The molecule has 0 aliphatic heterocycles. The van der Waals surface area contributed by atoms with E-state index in [1.54, 1.807) is 0 Å². The third-order valence-electron chi connectivity index (χ3n) is 4.18. The van der Waals surface area contributed by atoms with Crippen molar-refractivity contribution in [1.82, 2.24) is 9.55 Å². The average molecular weight is 322 g/mol. The van der Waals surface area contributed by atoms with Crippen molar-refractivity contribution in [3.8, 4) is 11.3 Å². The van der Waals surface area contributed by atoms with Gasteiger partial charge < -0.3 is 14.8 Å². The van der Waals surface area contributed by atoms with Gasteiger partial charge in [0.05, 0.1) is 24.2 Å². The van der Waals surface area contributed by atoms with Gasteiger partial charge in [0, 0.05) is 11.6 Å². The van der Waals surface area contributed by atoms with Gasteiger partial charge in [0.1, 0.15) is 11.6 Å². The zero-order chi connectivity index (χ0) is 16.6. The first-order valence-corrected chi connectivity index (χ1v) is 7.42. The molecule has 2 N–H and O–H groups in total. The molecule has 1 heterocycles. The van der Waals surface area contributed by atoms with Crippen molar-refractivity contribution < 1.29 is 23.8 Å². The predicted octanol–water partition coefficient (Wildman–Crippen LogP) is 3.00. The Morgan fingerprint density at radius 3 is 2.43 bits per heavy atom. The van der Waals surface area contributed by atoms with Crippen LogP contribution in [0.1, 0.15) is 42.2 Å². The summed E-state index contributed by atoms with van der Waals surface area (Å²) in [6.07, 6.45) is 3.71. The lowest BCUT2D eigenvalue weighted by molar-refractivity contribution is 0.0687. The van der Waals surface area contributed by atoms with Crippen molar-refractivity contribution in [2.45, 2.75) is 37.8 Å². The molecule has 0 radical (unpaired) electrons. The number of rotatable bonds is 3. The van der Waals surface area contributed by atoms with Crippen LogP contribution in [0.3, 0.4) is 0 Å². The minimum Gasteiger partial charge on any atom is -0.476 e. The van der Waals surface area contributed by atoms with Gasteiger partial charge in [-0.15, -0.1) is 0 Å². The van der Waals surface area contributed by atoms with Crippen molar-refractivity contribution in [3.05, 3.63) is 41.9 Å². The molecule has 0 saturated heterocycles. The number of aliphatic hydroxyl groups is 1. The van der Waals surface area contributed by atoms with Gasteiger partial charge in [-0.1, -0.05) is 12.8 Å². The Hall–Kier alpha value is -2.28. The molecule has 0 bridgehead atoms. The summed E-state index contributed by atoms with van der Waals surface area (Å²) in [5.41, 5.74) is -0.0789. The summed E-state index contributed by atoms with van der Waals surface area (Å²) in [7, 11) is 0. The van der Waals surface area contributed by atoms with Gasteiger partial charge >= 0.3 is 5.97 Å². The highest BCUT2D eigenvalue weighted by molar-refractivity contribution is 5.93. The van der Waals surface area contributed by atoms with Crippen molar-refractivity contribution in [2.24, 2.45) is 0 Å². The fourth-order valence-corrected chi connectivity index (χ4v) is 3.16. The first-order valence-electron chi connectivity index (χ1n) is 7.42. The lowest BCUT2D eigenvalue weighted by Gasteiger charge is -2.30. The molecule has 1 aromatic carbocycles. The summed E-state index contributed by atoms with van der Waals surface area (Å²) < 4.78 is 28.6. The number of carbonyl (C=O) groups is 1. The molecule has 3 rings (SSSR count). The number of halogens is 2. The summed E-state index contributed by atoms with van der Waals surface area (Å²) in [6, 6.07) is 2.50. The second-order valence-electron chi connectivity index (χ2n) is 5.73. The van der Waals surface area contributed by atoms with E-state index in [0.29, 0.717) is 12.8 Å². The topological polar surface area (TPSA) is 75.3 Å². The maximum absolute atomic E-state index is 13.5. The van der Waals surface area contributed by atoms with Crippen LogP contribution >= 0.6 is 0 Å². The Kier molecular flexibility index (Phi) is 4.12. The SMILES string of the molecule is O=C(O)c1ncn([C@H]2CCCC[C@H]2O)c1-c1cc(F)cc(F)c1. The zero-order valence-electron chi connectivity index (χ0n) is 12.2. The largest absolute Gasteiger partial charge is 0.476 e. The lowest BCUT2D eigenvalue weighted by atomic mass is 9.92. The number of nitrogens with zero attached hydrogens (tertiary/aromatic N) is 2. The number of imidazole rings is 1. The Balaban J connectivity index is 2.16. The number of benzene rings is 1. The number of aliphatic hydroxyl groups excluding tert-OH is 1. The van der Waals surface area contributed by atoms with Crippen LogP contribution < -0.4 is 0 Å². The average Bonchev–Trinajstić information content (AvgIpc) is 2.91. The Morgan fingerprint density at radius 2 is 1.83 bits per heavy atom. The molecule has 2 atom stereocenters. The van der Waals surface area contributed by atoms with E-state index in [1.807, 2.05) is 0 Å². The van der Waals surface area contributed by atoms with Gasteiger partial charge in [-0.2, -0.15) is 0 Å². The molecule has 1 aromatic heterocycles. The Morgan fingerprint density at radius 1 is 1.17 bits per heavy atom. The van der Waals surface area contributed by atoms with Crippen LogP contribution in [-0.4, -0.2) is 31.8 Å². The van der Waals surface area contributed by atoms with Gasteiger partial charge in [-0.3, -0.25) is 0 Å². The van der Waals surface area contributed by atoms with E-state index in [4.69, 9.17) is 0 Å². The summed E-state index contributed by atoms with van der Waals surface area (Å²) in [5, 5.41) is 19.5. The highest BCUT2D eigenvalue weighted by Crippen LogP contribution is 2.34. The summed E-state index contributed by atoms with van der Waals surface area (Å²) >= 11 is 0. The number of carboxylic acids is 1. The van der Waals surface area contributed by atoms with E-state index in [9.17, 15) is 23.8 Å². The summed E-state index contributed by atoms with van der Waals surface area (Å²) in [5.74, 6) is -2.88. The van der Waals surface area contributed by atoms with Crippen LogP contribution in [-0.2, 0) is 0 Å². The van der Waals surface area contributed by atoms with Gasteiger partial charge in [0.15, 0.2) is 5.69 Å². The predicted molar refractivity (Wildman–Crippen MR) is 78.1 cm³/mol. The zero-order valence-corrected chi connectivity index (χ0v) is 12.2. The second kappa shape index (κ2) is 6.08. The van der Waals surface area contributed by atoms with E-state index in [0.717, 1.165) is 31.0 Å². The molecule has 0 amide bonds. The normalized spacial score (nSPS) is 21.3. The molecule has 0 spiro atoms. The smallest absolute Gasteiger partial charge is 0.356 e. The van der Waals surface area contributed by atoms with E-state index < -0.39 is 23.7 Å². The van der Waals surface area contributed by atoms with Crippen LogP contribution in [0.4, 0.5) is 8.78 Å². The highest BCUT2D eigenvalue weighted by atomic mass is 19.1. The van der Waals surface area contributed by atoms with Crippen molar-refractivity contribution in [3.63, 3.8) is 0 Å². The van der Waals surface area contributed by atoms with Crippen LogP contribution in [0, 0.1) is 11.6 Å². The second-order valence-corrected chi connectivity index (χ2v) is 5.73. The van der Waals surface area contributed by atoms with Crippen molar-refractivity contribution in [1.29, 1.82) is 0 Å². The Labute approximate surface area is 131 Å². The van der Waals surface area contributed by atoms with Crippen LogP contribution in [0.25, 0.3) is 11.3 Å². The molecule has 1 saturated carbocycles. The fourth-order valence-electron chi connectivity index (χ4n) is 3.16. The monoisotopic (exact) mass is 322 g/mol. The molecule has 23 heavy (non-hydrogen) atoms. The quantitative estimate of drug-likeness (QED) is 0.911. The van der Waals surface area contributed by atoms with Crippen LogP contribution in [0.15, 0.2) is 24.5 Å². The number of hydrogen-bond donors (Lipinski definition) is 2. The van der Waals surface area contributed by atoms with Gasteiger partial charge in [-0.25, -0.2) is 18.6 Å². The molecule has 0 unspecified atom stereocenters. The number of hydrogen-bond acceptors (Lipinski definition) is 3. The van der Waals surface area contributed by atoms with Crippen molar-refractivity contribution in [2.75, 3.05) is 0 Å². The van der Waals surface area contributed by atoms with E-state index in [-0.39, 0.29) is 23.0 Å². The van der Waals surface area contributed by atoms with E-state index in [2.05, 4.69) is 4.98 Å². The summed E-state index contributed by atoms with van der Waals surface area (Å²) in [6.45, 7) is 0. The number of carboxylic acid groups (broad SMARTS) is 1. The molecule has 122 valence electrons. The standard InChI is InChI=1S/C16H16F2N2O3/c17-10-5-9(6-11(18)7-10)15-14(16(22)23)19-8-20(15)12-3-1-2-4-13(12)21/h5-8,12-13,21H,1-4H2,(H,22,23)/t12-,13+/m0/s1. The minimum atomic E-state index is -1.28. The fraction of sp³-hybridized carbons (Fsp3) is 0.375. The molecule has 7 heteroatoms. The highest BCUT2D eigenvalue weighted by Gasteiger charge is 2.29. The number of aromatic carboxylic acids is 1. The number of aromatic nitrogens is 2. The Bertz CT molecular complexity index is 725. The molecule has 5 nitrogen and oxygen atoms in total. The molecule has 1 fully saturated rings. The van der Waals surface area contributed by atoms with Crippen LogP contribution in [0.5, 0.6) is 0 Å². The lowest BCUT2D eigenvalue weighted by Crippen LogP contribution is -2.27. The van der Waals surface area contributed by atoms with Gasteiger partial charge in [-0.05, 0) is 25.0 Å². The summed E-state index contributed by atoms with van der Waals surface area (Å²) in [4.78, 5) is 15.3. The van der Waals surface area contributed by atoms with E-state index in [1.165, 1.54) is 10.9 Å². The minimum absolute atomic E-state index is 0.0928. The third-order valence-corrected chi connectivity index (χ3v) is 4.18. The maximum atomic E-state index is 13.5. The first kappa shape index (κ1) is 15.6. The van der Waals surface area contributed by atoms with E-state index >= 15 is 0 Å². The molecule has 2 aromatic rings. The maximum Gasteiger partial charge on any atom is 0.356 e. The van der Waals surface area contributed by atoms with Gasteiger partial charge in [0.2, 0.25) is 0 Å².